The van der Waals surface area contributed by atoms with Crippen LogP contribution in [0.25, 0.3) is 0 Å². The number of ether oxygens (including phenoxy) is 2. The molecule has 1 aliphatic rings. The first-order chi connectivity index (χ1) is 11.2. The minimum Gasteiger partial charge on any atom is -0.500 e. The van der Waals surface area contributed by atoms with Crippen molar-refractivity contribution in [1.29, 1.82) is 0 Å². The van der Waals surface area contributed by atoms with Crippen molar-refractivity contribution in [2.24, 2.45) is 7.05 Å². The molecule has 0 aliphatic carbocycles. The molecule has 0 radical (unpaired) electrons. The number of benzene rings is 1. The normalized spacial score (nSPS) is 14.9. The zero-order chi connectivity index (χ0) is 16.1. The van der Waals surface area contributed by atoms with Gasteiger partial charge in [-0.1, -0.05) is 30.3 Å². The topological polar surface area (TPSA) is 53.4 Å². The van der Waals surface area contributed by atoms with Gasteiger partial charge in [-0.25, -0.2) is 9.78 Å². The van der Waals surface area contributed by atoms with E-state index >= 15 is 0 Å². The Kier molecular flexibility index (Phi) is 4.76. The van der Waals surface area contributed by atoms with Gasteiger partial charge in [-0.15, -0.1) is 0 Å². The van der Waals surface area contributed by atoms with Crippen LogP contribution >= 0.6 is 0 Å². The lowest BCUT2D eigenvalue weighted by Crippen LogP contribution is -2.17. The molecule has 0 saturated heterocycles. The van der Waals surface area contributed by atoms with E-state index in [-0.39, 0.29) is 12.1 Å². The molecule has 2 aromatic rings. The summed E-state index contributed by atoms with van der Waals surface area (Å²) >= 11 is 0. The van der Waals surface area contributed by atoms with Gasteiger partial charge in [-0.2, -0.15) is 0 Å². The van der Waals surface area contributed by atoms with Crippen molar-refractivity contribution < 1.29 is 14.3 Å². The van der Waals surface area contributed by atoms with E-state index in [1.807, 2.05) is 36.0 Å². The van der Waals surface area contributed by atoms with Gasteiger partial charge >= 0.3 is 5.97 Å². The second kappa shape index (κ2) is 7.13. The van der Waals surface area contributed by atoms with E-state index in [9.17, 15) is 4.79 Å². The van der Waals surface area contributed by atoms with Gasteiger partial charge < -0.3 is 14.0 Å². The van der Waals surface area contributed by atoms with Gasteiger partial charge in [0.05, 0.1) is 18.4 Å². The first kappa shape index (κ1) is 15.3. The zero-order valence-electron chi connectivity index (χ0n) is 13.1. The van der Waals surface area contributed by atoms with Gasteiger partial charge in [0.1, 0.15) is 5.82 Å². The van der Waals surface area contributed by atoms with E-state index in [4.69, 9.17) is 9.47 Å². The van der Waals surface area contributed by atoms with E-state index in [0.29, 0.717) is 25.0 Å². The number of esters is 1. The van der Waals surface area contributed by atoms with E-state index in [1.165, 1.54) is 11.8 Å². The van der Waals surface area contributed by atoms with Gasteiger partial charge in [0.15, 0.2) is 6.10 Å². The van der Waals surface area contributed by atoms with Crippen molar-refractivity contribution in [3.8, 4) is 0 Å². The van der Waals surface area contributed by atoms with Gasteiger partial charge in [-0.3, -0.25) is 0 Å². The quantitative estimate of drug-likeness (QED) is 0.770. The number of carbonyl (C=O) groups is 1. The lowest BCUT2D eigenvalue weighted by molar-refractivity contribution is -0.145. The van der Waals surface area contributed by atoms with E-state index < -0.39 is 0 Å². The van der Waals surface area contributed by atoms with Crippen LogP contribution in [-0.4, -0.2) is 22.1 Å². The summed E-state index contributed by atoms with van der Waals surface area (Å²) in [6, 6.07) is 10.2. The van der Waals surface area contributed by atoms with Crippen LogP contribution in [0.1, 0.15) is 30.3 Å². The Morgan fingerprint density at radius 2 is 2.22 bits per heavy atom. The van der Waals surface area contributed by atoms with Crippen LogP contribution in [0.15, 0.2) is 54.6 Å². The number of nitrogens with zero attached hydrogens (tertiary/aromatic N) is 2. The Morgan fingerprint density at radius 3 is 2.87 bits per heavy atom. The maximum Gasteiger partial charge on any atom is 0.337 e. The Balaban J connectivity index is 1.71. The number of imidazole rings is 1. The first-order valence-electron chi connectivity index (χ1n) is 7.77. The lowest BCUT2D eigenvalue weighted by atomic mass is 10.1. The maximum atomic E-state index is 12.3. The van der Waals surface area contributed by atoms with E-state index in [2.05, 4.69) is 17.1 Å². The standard InChI is InChI=1S/C18H20N2O3/c1-20-11-10-19-17(20)16(8-7-14-5-3-2-4-6-14)23-18(21)15-9-12-22-13-15/h2-6,10-11,13,16H,7-9,12H2,1H3/t16-/m1/s1. The summed E-state index contributed by atoms with van der Waals surface area (Å²) < 4.78 is 12.7. The molecule has 120 valence electrons. The van der Waals surface area contributed by atoms with Crippen molar-refractivity contribution in [2.45, 2.75) is 25.4 Å². The van der Waals surface area contributed by atoms with Crippen LogP contribution in [0.2, 0.25) is 0 Å². The first-order valence-corrected chi connectivity index (χ1v) is 7.77. The number of hydrogen-bond donors (Lipinski definition) is 0. The van der Waals surface area contributed by atoms with Crippen molar-refractivity contribution in [3.63, 3.8) is 0 Å². The molecule has 3 rings (SSSR count). The summed E-state index contributed by atoms with van der Waals surface area (Å²) in [7, 11) is 1.91. The van der Waals surface area contributed by atoms with Crippen molar-refractivity contribution >= 4 is 5.97 Å². The molecule has 1 aromatic carbocycles. The van der Waals surface area contributed by atoms with Gasteiger partial charge in [0.2, 0.25) is 0 Å². The third-order valence-corrected chi connectivity index (χ3v) is 3.91. The van der Waals surface area contributed by atoms with Crippen molar-refractivity contribution in [2.75, 3.05) is 6.61 Å². The summed E-state index contributed by atoms with van der Waals surface area (Å²) in [4.78, 5) is 16.6. The average molecular weight is 312 g/mol. The van der Waals surface area contributed by atoms with Crippen molar-refractivity contribution in [3.05, 3.63) is 65.9 Å². The predicted octanol–water partition coefficient (Wildman–Crippen LogP) is 2.94. The fraction of sp³-hybridized carbons (Fsp3) is 0.333. The van der Waals surface area contributed by atoms with Crippen LogP contribution in [-0.2, 0) is 27.7 Å². The second-order valence-electron chi connectivity index (χ2n) is 5.58. The Morgan fingerprint density at radius 1 is 1.39 bits per heavy atom. The van der Waals surface area contributed by atoms with Gasteiger partial charge in [-0.05, 0) is 18.4 Å². The number of aromatic nitrogens is 2. The summed E-state index contributed by atoms with van der Waals surface area (Å²) in [5, 5.41) is 0. The molecule has 0 unspecified atom stereocenters. The molecule has 0 amide bonds. The zero-order valence-corrected chi connectivity index (χ0v) is 13.1. The van der Waals surface area contributed by atoms with Gasteiger partial charge in [0, 0.05) is 25.9 Å². The van der Waals surface area contributed by atoms with E-state index in [1.54, 1.807) is 6.20 Å². The molecule has 1 aliphatic heterocycles. The predicted molar refractivity (Wildman–Crippen MR) is 85.5 cm³/mol. The number of aryl methyl sites for hydroxylation is 2. The molecule has 23 heavy (non-hydrogen) atoms. The Bertz CT molecular complexity index is 691. The SMILES string of the molecule is Cn1ccnc1[C@@H](CCc1ccccc1)OC(=O)C1=COCC1. The Labute approximate surface area is 135 Å². The number of hydrogen-bond acceptors (Lipinski definition) is 4. The summed E-state index contributed by atoms with van der Waals surface area (Å²) in [5.74, 6) is 0.442. The molecule has 1 aromatic heterocycles. The molecule has 5 heteroatoms. The minimum absolute atomic E-state index is 0.316. The molecule has 1 atom stereocenters. The smallest absolute Gasteiger partial charge is 0.337 e. The van der Waals surface area contributed by atoms with Crippen LogP contribution in [0.4, 0.5) is 0 Å². The molecule has 0 fully saturated rings. The monoisotopic (exact) mass is 312 g/mol. The van der Waals surface area contributed by atoms with E-state index in [0.717, 1.165) is 12.2 Å². The highest BCUT2D eigenvalue weighted by Gasteiger charge is 2.24. The summed E-state index contributed by atoms with van der Waals surface area (Å²) in [6.07, 6.45) is 6.81. The molecule has 0 N–H and O–H groups in total. The third kappa shape index (κ3) is 3.80. The van der Waals surface area contributed by atoms with Crippen LogP contribution in [0.3, 0.4) is 0 Å². The Hall–Kier alpha value is -2.56. The lowest BCUT2D eigenvalue weighted by Gasteiger charge is -2.18. The van der Waals surface area contributed by atoms with Gasteiger partial charge in [0.25, 0.3) is 0 Å². The minimum atomic E-state index is -0.371. The number of rotatable bonds is 6. The molecular formula is C18H20N2O3. The highest BCUT2D eigenvalue weighted by Crippen LogP contribution is 2.24. The summed E-state index contributed by atoms with van der Waals surface area (Å²) in [5.41, 5.74) is 1.80. The molecule has 5 nitrogen and oxygen atoms in total. The molecule has 2 heterocycles. The van der Waals surface area contributed by atoms with Crippen LogP contribution < -0.4 is 0 Å². The van der Waals surface area contributed by atoms with Crippen LogP contribution in [0, 0.1) is 0 Å². The second-order valence-corrected chi connectivity index (χ2v) is 5.58. The van der Waals surface area contributed by atoms with Crippen LogP contribution in [0.5, 0.6) is 0 Å². The maximum absolute atomic E-state index is 12.3. The average Bonchev–Trinajstić information content (AvgIpc) is 3.24. The fourth-order valence-corrected chi connectivity index (χ4v) is 2.61. The molecular weight excluding hydrogens is 292 g/mol. The highest BCUT2D eigenvalue weighted by atomic mass is 16.5. The number of carbonyl (C=O) groups excluding carboxylic acids is 1. The fourth-order valence-electron chi connectivity index (χ4n) is 2.61. The third-order valence-electron chi connectivity index (χ3n) is 3.91. The largest absolute Gasteiger partial charge is 0.500 e. The summed E-state index contributed by atoms with van der Waals surface area (Å²) in [6.45, 7) is 0.543. The molecule has 0 bridgehead atoms. The highest BCUT2D eigenvalue weighted by molar-refractivity contribution is 5.88. The molecule has 0 saturated carbocycles. The molecule has 0 spiro atoms. The van der Waals surface area contributed by atoms with Crippen molar-refractivity contribution in [1.82, 2.24) is 9.55 Å².